The van der Waals surface area contributed by atoms with Crippen LogP contribution in [0.1, 0.15) is 83.5 Å². The van der Waals surface area contributed by atoms with Gasteiger partial charge in [0.2, 0.25) is 0 Å². The van der Waals surface area contributed by atoms with Crippen molar-refractivity contribution in [1.29, 1.82) is 10.5 Å². The molecule has 0 radical (unpaired) electrons. The first kappa shape index (κ1) is 21.6. The van der Waals surface area contributed by atoms with Crippen LogP contribution in [-0.4, -0.2) is 11.8 Å². The van der Waals surface area contributed by atoms with Gasteiger partial charge in [-0.2, -0.15) is 10.5 Å². The molecule has 0 aromatic carbocycles. The van der Waals surface area contributed by atoms with E-state index in [1.807, 2.05) is 0 Å². The Bertz CT molecular complexity index is 903. The van der Waals surface area contributed by atoms with Crippen molar-refractivity contribution in [2.24, 2.45) is 16.8 Å². The maximum Gasteiger partial charge on any atom is 0.0880 e. The van der Waals surface area contributed by atoms with E-state index in [1.54, 1.807) is 0 Å². The quantitative estimate of drug-likeness (QED) is 0.489. The third-order valence-electron chi connectivity index (χ3n) is 7.21. The van der Waals surface area contributed by atoms with Gasteiger partial charge in [-0.05, 0) is 94.6 Å². The summed E-state index contributed by atoms with van der Waals surface area (Å²) in [5.41, 5.74) is 6.68. The number of nitriles is 2. The van der Waals surface area contributed by atoms with Crippen LogP contribution in [0.5, 0.6) is 0 Å². The number of hydrogen-bond acceptors (Lipinski definition) is 4. The van der Waals surface area contributed by atoms with Gasteiger partial charge < -0.3 is 5.32 Å². The molecule has 3 unspecified atom stereocenters. The lowest BCUT2D eigenvalue weighted by atomic mass is 9.86. The molecule has 31 heavy (non-hydrogen) atoms. The molecule has 0 saturated carbocycles. The van der Waals surface area contributed by atoms with E-state index in [2.05, 4.69) is 41.8 Å². The molecule has 4 heteroatoms. The number of allylic oxidation sites excluding steroid dienone is 7. The van der Waals surface area contributed by atoms with Crippen LogP contribution in [0.4, 0.5) is 0 Å². The zero-order chi connectivity index (χ0) is 21.5. The summed E-state index contributed by atoms with van der Waals surface area (Å²) < 4.78 is 0. The summed E-state index contributed by atoms with van der Waals surface area (Å²) in [4.78, 5) is 4.89. The SMILES string of the molecule is N#CC(C/C=C/CCC(C#N)C1C=CC2=C(CCCC2)N1)C1=NC2=C(CCCC2)CC1. The minimum atomic E-state index is -0.112. The van der Waals surface area contributed by atoms with E-state index in [0.717, 1.165) is 57.1 Å². The van der Waals surface area contributed by atoms with Crippen molar-refractivity contribution < 1.29 is 0 Å². The topological polar surface area (TPSA) is 72.0 Å². The molecule has 0 saturated heterocycles. The van der Waals surface area contributed by atoms with Crippen LogP contribution in [0.15, 0.2) is 51.8 Å². The highest BCUT2D eigenvalue weighted by molar-refractivity contribution is 5.90. The fourth-order valence-electron chi connectivity index (χ4n) is 5.31. The number of dihydropyridines is 1. The van der Waals surface area contributed by atoms with Gasteiger partial charge in [-0.1, -0.05) is 24.3 Å². The molecule has 0 fully saturated rings. The molecule has 0 amide bonds. The lowest BCUT2D eigenvalue weighted by Crippen LogP contribution is -2.36. The summed E-state index contributed by atoms with van der Waals surface area (Å²) in [6.45, 7) is 0. The van der Waals surface area contributed by atoms with Gasteiger partial charge in [0.05, 0.1) is 30.0 Å². The number of aliphatic imine (C=N–C) groups is 1. The second kappa shape index (κ2) is 10.6. The number of rotatable bonds is 7. The number of nitrogens with zero attached hydrogens (tertiary/aromatic N) is 3. The summed E-state index contributed by atoms with van der Waals surface area (Å²) in [5, 5.41) is 23.0. The van der Waals surface area contributed by atoms with Crippen molar-refractivity contribution >= 4 is 5.71 Å². The van der Waals surface area contributed by atoms with Crippen molar-refractivity contribution in [1.82, 2.24) is 5.32 Å². The van der Waals surface area contributed by atoms with Crippen LogP contribution in [0.25, 0.3) is 0 Å². The molecule has 2 aliphatic heterocycles. The van der Waals surface area contributed by atoms with Gasteiger partial charge in [-0.15, -0.1) is 0 Å². The molecular weight excluding hydrogens is 380 g/mol. The molecule has 4 rings (SSSR count). The maximum absolute atomic E-state index is 9.69. The van der Waals surface area contributed by atoms with Crippen LogP contribution in [0.3, 0.4) is 0 Å². The van der Waals surface area contributed by atoms with E-state index in [1.165, 1.54) is 54.6 Å². The summed E-state index contributed by atoms with van der Waals surface area (Å²) in [7, 11) is 0. The fourth-order valence-corrected chi connectivity index (χ4v) is 5.31. The lowest BCUT2D eigenvalue weighted by Gasteiger charge is -2.30. The van der Waals surface area contributed by atoms with Crippen molar-refractivity contribution in [3.05, 3.63) is 46.8 Å². The van der Waals surface area contributed by atoms with Gasteiger partial charge in [0.1, 0.15) is 0 Å². The predicted molar refractivity (Wildman–Crippen MR) is 125 cm³/mol. The van der Waals surface area contributed by atoms with Gasteiger partial charge in [-0.3, -0.25) is 4.99 Å². The first-order valence-electron chi connectivity index (χ1n) is 12.2. The van der Waals surface area contributed by atoms with Crippen molar-refractivity contribution in [2.75, 3.05) is 0 Å². The van der Waals surface area contributed by atoms with Gasteiger partial charge in [0.15, 0.2) is 0 Å². The summed E-state index contributed by atoms with van der Waals surface area (Å²) in [5.74, 6) is -0.137. The van der Waals surface area contributed by atoms with E-state index >= 15 is 0 Å². The summed E-state index contributed by atoms with van der Waals surface area (Å²) >= 11 is 0. The minimum Gasteiger partial charge on any atom is -0.381 e. The molecule has 0 aromatic rings. The molecule has 1 N–H and O–H groups in total. The van der Waals surface area contributed by atoms with E-state index in [9.17, 15) is 10.5 Å². The molecule has 0 aromatic heterocycles. The first-order valence-corrected chi connectivity index (χ1v) is 12.2. The van der Waals surface area contributed by atoms with E-state index < -0.39 is 0 Å². The van der Waals surface area contributed by atoms with Crippen molar-refractivity contribution in [2.45, 2.75) is 89.5 Å². The molecule has 4 nitrogen and oxygen atoms in total. The molecule has 0 spiro atoms. The Kier molecular flexibility index (Phi) is 7.42. The van der Waals surface area contributed by atoms with Crippen molar-refractivity contribution in [3.8, 4) is 12.1 Å². The Balaban J connectivity index is 1.26. The Labute approximate surface area is 187 Å². The highest BCUT2D eigenvalue weighted by Crippen LogP contribution is 2.34. The lowest BCUT2D eigenvalue weighted by molar-refractivity contribution is 0.464. The van der Waals surface area contributed by atoms with Crippen LogP contribution in [0.2, 0.25) is 0 Å². The standard InChI is InChI=1S/C27H34N4/c28-18-22(26-16-14-20-8-4-6-12-24(20)30-26)10-2-1-3-11-23(19-29)27-17-15-21-9-5-7-13-25(21)31-27/h1-2,15,17,22-23,27,31H,3-14,16H2/b2-1+. The Hall–Kier alpha value is -2.59. The summed E-state index contributed by atoms with van der Waals surface area (Å²) in [6.07, 6.45) is 22.8. The molecule has 2 aliphatic carbocycles. The number of nitrogens with one attached hydrogen (secondary N) is 1. The third kappa shape index (κ3) is 5.37. The van der Waals surface area contributed by atoms with Gasteiger partial charge >= 0.3 is 0 Å². The van der Waals surface area contributed by atoms with Crippen LogP contribution in [-0.2, 0) is 0 Å². The normalized spacial score (nSPS) is 25.1. The number of hydrogen-bond donors (Lipinski definition) is 1. The average molecular weight is 415 g/mol. The second-order valence-electron chi connectivity index (χ2n) is 9.30. The first-order chi connectivity index (χ1) is 15.3. The van der Waals surface area contributed by atoms with E-state index in [4.69, 9.17) is 4.99 Å². The largest absolute Gasteiger partial charge is 0.381 e. The van der Waals surface area contributed by atoms with Crippen LogP contribution in [0, 0.1) is 34.5 Å². The third-order valence-corrected chi connectivity index (χ3v) is 7.21. The zero-order valence-electron chi connectivity index (χ0n) is 18.6. The molecule has 3 atom stereocenters. The fraction of sp³-hybridized carbons (Fsp3) is 0.593. The van der Waals surface area contributed by atoms with E-state index in [-0.39, 0.29) is 17.9 Å². The molecule has 0 bridgehead atoms. The molecular formula is C27H34N4. The van der Waals surface area contributed by atoms with Gasteiger partial charge in [-0.25, -0.2) is 0 Å². The Morgan fingerprint density at radius 1 is 1.00 bits per heavy atom. The van der Waals surface area contributed by atoms with Gasteiger partial charge in [0, 0.05) is 17.1 Å². The molecule has 162 valence electrons. The smallest absolute Gasteiger partial charge is 0.0880 e. The van der Waals surface area contributed by atoms with Gasteiger partial charge in [0.25, 0.3) is 0 Å². The average Bonchev–Trinajstić information content (AvgIpc) is 2.83. The highest BCUT2D eigenvalue weighted by atomic mass is 14.9. The van der Waals surface area contributed by atoms with Crippen LogP contribution >= 0.6 is 0 Å². The summed E-state index contributed by atoms with van der Waals surface area (Å²) in [6, 6.07) is 5.11. The zero-order valence-corrected chi connectivity index (χ0v) is 18.6. The predicted octanol–water partition coefficient (Wildman–Crippen LogP) is 6.41. The monoisotopic (exact) mass is 414 g/mol. The second-order valence-corrected chi connectivity index (χ2v) is 9.30. The molecule has 2 heterocycles. The minimum absolute atomic E-state index is 0.0250. The maximum atomic E-state index is 9.69. The van der Waals surface area contributed by atoms with E-state index in [0.29, 0.717) is 0 Å². The van der Waals surface area contributed by atoms with Crippen molar-refractivity contribution in [3.63, 3.8) is 0 Å². The Morgan fingerprint density at radius 2 is 1.84 bits per heavy atom. The van der Waals surface area contributed by atoms with Crippen LogP contribution < -0.4 is 5.32 Å². The highest BCUT2D eigenvalue weighted by Gasteiger charge is 2.25. The Morgan fingerprint density at radius 3 is 2.71 bits per heavy atom. The molecule has 4 aliphatic rings.